The second kappa shape index (κ2) is 6.86. The summed E-state index contributed by atoms with van der Waals surface area (Å²) in [6, 6.07) is 7.99. The summed E-state index contributed by atoms with van der Waals surface area (Å²) in [5.74, 6) is 0.209. The molecule has 2 N–H and O–H groups in total. The molecule has 0 atom stereocenters. The van der Waals surface area contributed by atoms with Gasteiger partial charge >= 0.3 is 0 Å². The minimum absolute atomic E-state index is 0.0686. The predicted molar refractivity (Wildman–Crippen MR) is 103 cm³/mol. The number of halogens is 2. The Bertz CT molecular complexity index is 1050. The third kappa shape index (κ3) is 3.31. The van der Waals surface area contributed by atoms with Gasteiger partial charge in [0.2, 0.25) is 5.88 Å². The molecule has 1 aromatic carbocycles. The third-order valence-corrected chi connectivity index (χ3v) is 5.09. The lowest BCUT2D eigenvalue weighted by Crippen LogP contribution is -1.99. The van der Waals surface area contributed by atoms with Crippen molar-refractivity contribution in [2.75, 3.05) is 5.32 Å². The fourth-order valence-electron chi connectivity index (χ4n) is 2.51. The SMILES string of the molecule is Oc1nc(NCc2ccc(F)cc2Cl)sc1/C=C1\C=Nc2ncccc21. The van der Waals surface area contributed by atoms with Gasteiger partial charge in [0.15, 0.2) is 10.9 Å². The van der Waals surface area contributed by atoms with Gasteiger partial charge in [0.25, 0.3) is 0 Å². The van der Waals surface area contributed by atoms with Crippen LogP contribution in [0.25, 0.3) is 11.6 Å². The molecule has 5 nitrogen and oxygen atoms in total. The monoisotopic (exact) mass is 386 g/mol. The van der Waals surface area contributed by atoms with E-state index in [1.807, 2.05) is 18.2 Å². The van der Waals surface area contributed by atoms with E-state index in [2.05, 4.69) is 20.3 Å². The van der Waals surface area contributed by atoms with E-state index in [-0.39, 0.29) is 11.7 Å². The van der Waals surface area contributed by atoms with E-state index < -0.39 is 0 Å². The van der Waals surface area contributed by atoms with Crippen molar-refractivity contribution >= 4 is 51.8 Å². The number of rotatable bonds is 4. The molecule has 3 aromatic rings. The van der Waals surface area contributed by atoms with Crippen LogP contribution in [0.3, 0.4) is 0 Å². The van der Waals surface area contributed by atoms with Crippen molar-refractivity contribution in [3.05, 3.63) is 63.4 Å². The maximum Gasteiger partial charge on any atom is 0.231 e. The lowest BCUT2D eigenvalue weighted by molar-refractivity contribution is 0.456. The van der Waals surface area contributed by atoms with Gasteiger partial charge in [-0.1, -0.05) is 29.0 Å². The first-order chi connectivity index (χ1) is 12.6. The van der Waals surface area contributed by atoms with Crippen molar-refractivity contribution in [1.29, 1.82) is 0 Å². The number of benzene rings is 1. The molecule has 0 saturated carbocycles. The average Bonchev–Trinajstić information content (AvgIpc) is 3.19. The number of pyridine rings is 1. The van der Waals surface area contributed by atoms with Crippen molar-refractivity contribution < 1.29 is 9.50 Å². The number of aromatic hydroxyl groups is 1. The average molecular weight is 387 g/mol. The summed E-state index contributed by atoms with van der Waals surface area (Å²) in [4.78, 5) is 13.2. The Hall–Kier alpha value is -2.77. The van der Waals surface area contributed by atoms with Crippen LogP contribution in [0.1, 0.15) is 16.0 Å². The van der Waals surface area contributed by atoms with E-state index in [1.54, 1.807) is 18.5 Å². The molecule has 26 heavy (non-hydrogen) atoms. The first-order valence-electron chi connectivity index (χ1n) is 7.69. The summed E-state index contributed by atoms with van der Waals surface area (Å²) in [6.07, 6.45) is 5.22. The summed E-state index contributed by atoms with van der Waals surface area (Å²) >= 11 is 7.32. The van der Waals surface area contributed by atoms with Gasteiger partial charge < -0.3 is 10.4 Å². The highest BCUT2D eigenvalue weighted by molar-refractivity contribution is 7.16. The molecular formula is C18H12ClFN4OS. The number of fused-ring (bicyclic) bond motifs is 1. The molecule has 0 unspecified atom stereocenters. The van der Waals surface area contributed by atoms with E-state index in [0.29, 0.717) is 27.4 Å². The summed E-state index contributed by atoms with van der Waals surface area (Å²) in [5, 5.41) is 14.1. The van der Waals surface area contributed by atoms with Crippen LogP contribution in [-0.2, 0) is 6.54 Å². The molecule has 1 aliphatic heterocycles. The topological polar surface area (TPSA) is 70.4 Å². The van der Waals surface area contributed by atoms with E-state index in [4.69, 9.17) is 11.6 Å². The molecular weight excluding hydrogens is 375 g/mol. The fourth-order valence-corrected chi connectivity index (χ4v) is 3.55. The fraction of sp³-hybridized carbons (Fsp3) is 0.0556. The molecule has 0 fully saturated rings. The van der Waals surface area contributed by atoms with Crippen LogP contribution < -0.4 is 5.32 Å². The summed E-state index contributed by atoms with van der Waals surface area (Å²) < 4.78 is 13.1. The van der Waals surface area contributed by atoms with Crippen LogP contribution in [0.5, 0.6) is 5.88 Å². The lowest BCUT2D eigenvalue weighted by atomic mass is 10.1. The summed E-state index contributed by atoms with van der Waals surface area (Å²) in [6.45, 7) is 0.371. The molecule has 2 aromatic heterocycles. The Labute approximate surface area is 157 Å². The van der Waals surface area contributed by atoms with E-state index >= 15 is 0 Å². The quantitative estimate of drug-likeness (QED) is 0.668. The first kappa shape index (κ1) is 16.7. The Morgan fingerprint density at radius 3 is 3.04 bits per heavy atom. The van der Waals surface area contributed by atoms with Crippen LogP contribution >= 0.6 is 22.9 Å². The number of nitrogens with zero attached hydrogens (tertiary/aromatic N) is 3. The second-order valence-electron chi connectivity index (χ2n) is 5.53. The van der Waals surface area contributed by atoms with E-state index in [9.17, 15) is 9.50 Å². The van der Waals surface area contributed by atoms with E-state index in [1.165, 1.54) is 23.5 Å². The zero-order chi connectivity index (χ0) is 18.1. The van der Waals surface area contributed by atoms with Crippen LogP contribution in [-0.4, -0.2) is 21.3 Å². The molecule has 8 heteroatoms. The minimum Gasteiger partial charge on any atom is -0.492 e. The van der Waals surface area contributed by atoms with Gasteiger partial charge in [0.1, 0.15) is 5.82 Å². The standard InChI is InChI=1S/C18H12ClFN4OS/c19-14-7-12(20)4-3-10(14)8-23-18-24-17(25)15(26-18)6-11-9-22-16-13(11)2-1-5-21-16/h1-7,9,25H,8H2,(H,23,24)/b11-6+. The molecule has 0 saturated heterocycles. The van der Waals surface area contributed by atoms with Crippen LogP contribution in [0.4, 0.5) is 15.3 Å². The molecule has 0 bridgehead atoms. The second-order valence-corrected chi connectivity index (χ2v) is 6.97. The van der Waals surface area contributed by atoms with Gasteiger partial charge in [-0.2, -0.15) is 4.98 Å². The van der Waals surface area contributed by atoms with Crippen LogP contribution in [0.2, 0.25) is 5.02 Å². The molecule has 0 radical (unpaired) electrons. The zero-order valence-electron chi connectivity index (χ0n) is 13.3. The zero-order valence-corrected chi connectivity index (χ0v) is 14.9. The van der Waals surface area contributed by atoms with E-state index in [0.717, 1.165) is 16.7 Å². The van der Waals surface area contributed by atoms with Crippen LogP contribution in [0, 0.1) is 5.82 Å². The summed E-state index contributed by atoms with van der Waals surface area (Å²) in [5.41, 5.74) is 2.51. The van der Waals surface area contributed by atoms with Gasteiger partial charge in [-0.05, 0) is 35.9 Å². The predicted octanol–water partition coefficient (Wildman–Crippen LogP) is 4.90. The Balaban J connectivity index is 1.53. The number of aromatic nitrogens is 2. The number of hydrogen-bond acceptors (Lipinski definition) is 6. The highest BCUT2D eigenvalue weighted by atomic mass is 35.5. The highest BCUT2D eigenvalue weighted by Gasteiger charge is 2.15. The van der Waals surface area contributed by atoms with Crippen molar-refractivity contribution in [1.82, 2.24) is 9.97 Å². The normalized spacial score (nSPS) is 14.0. The molecule has 0 aliphatic carbocycles. The Morgan fingerprint density at radius 2 is 2.19 bits per heavy atom. The van der Waals surface area contributed by atoms with Crippen molar-refractivity contribution in [3.63, 3.8) is 0 Å². The number of thiazole rings is 1. The molecule has 3 heterocycles. The number of aliphatic imine (C=N–C) groups is 1. The number of allylic oxidation sites excluding steroid dienone is 1. The van der Waals surface area contributed by atoms with Crippen molar-refractivity contribution in [2.45, 2.75) is 6.54 Å². The van der Waals surface area contributed by atoms with Crippen LogP contribution in [0.15, 0.2) is 41.5 Å². The largest absolute Gasteiger partial charge is 0.492 e. The molecule has 1 aliphatic rings. The highest BCUT2D eigenvalue weighted by Crippen LogP contribution is 2.35. The van der Waals surface area contributed by atoms with Gasteiger partial charge in [-0.15, -0.1) is 0 Å². The van der Waals surface area contributed by atoms with Crippen molar-refractivity contribution in [3.8, 4) is 5.88 Å². The number of anilines is 1. The Morgan fingerprint density at radius 1 is 1.31 bits per heavy atom. The molecule has 0 spiro atoms. The number of nitrogens with one attached hydrogen (secondary N) is 1. The minimum atomic E-state index is -0.382. The van der Waals surface area contributed by atoms with Gasteiger partial charge in [0, 0.05) is 35.1 Å². The first-order valence-corrected chi connectivity index (χ1v) is 8.88. The van der Waals surface area contributed by atoms with Gasteiger partial charge in [-0.25, -0.2) is 14.4 Å². The lowest BCUT2D eigenvalue weighted by Gasteiger charge is -2.05. The van der Waals surface area contributed by atoms with Gasteiger partial charge in [0.05, 0.1) is 4.88 Å². The summed E-state index contributed by atoms with van der Waals surface area (Å²) in [7, 11) is 0. The third-order valence-electron chi connectivity index (χ3n) is 3.79. The van der Waals surface area contributed by atoms with Gasteiger partial charge in [-0.3, -0.25) is 0 Å². The molecule has 130 valence electrons. The molecule has 0 amide bonds. The number of hydrogen-bond donors (Lipinski definition) is 2. The maximum atomic E-state index is 13.1. The maximum absolute atomic E-state index is 13.1. The van der Waals surface area contributed by atoms with Crippen molar-refractivity contribution in [2.24, 2.45) is 4.99 Å². The molecule has 4 rings (SSSR count). The Kier molecular flexibility index (Phi) is 4.40. The smallest absolute Gasteiger partial charge is 0.231 e.